The van der Waals surface area contributed by atoms with Crippen LogP contribution in [0, 0.1) is 22.7 Å². The monoisotopic (exact) mass is 202 g/mol. The highest BCUT2D eigenvalue weighted by Gasteiger charge is 2.09. The first-order valence-corrected chi connectivity index (χ1v) is 3.91. The smallest absolute Gasteiger partial charge is 0.348 e. The van der Waals surface area contributed by atoms with Gasteiger partial charge in [0, 0.05) is 6.08 Å². The lowest BCUT2D eigenvalue weighted by molar-refractivity contribution is -0.135. The van der Waals surface area contributed by atoms with Crippen molar-refractivity contribution in [3.8, 4) is 12.1 Å². The molecule has 0 saturated heterocycles. The van der Waals surface area contributed by atoms with E-state index in [1.807, 2.05) is 0 Å². The second kappa shape index (κ2) is 4.64. The third-order valence-electron chi connectivity index (χ3n) is 1.55. The number of nitrogens with zero attached hydrogens (tertiary/aromatic N) is 2. The van der Waals surface area contributed by atoms with Crippen LogP contribution in [0.25, 0.3) is 6.08 Å². The SMILES string of the molecule is COC(=O)C(C#N)=Cc1ccc(C#N)o1. The number of carbonyl (C=O) groups excluding carboxylic acids is 1. The first-order chi connectivity index (χ1) is 7.21. The van der Waals surface area contributed by atoms with Crippen molar-refractivity contribution in [2.75, 3.05) is 7.11 Å². The number of esters is 1. The van der Waals surface area contributed by atoms with Gasteiger partial charge < -0.3 is 9.15 Å². The zero-order valence-corrected chi connectivity index (χ0v) is 7.85. The van der Waals surface area contributed by atoms with Gasteiger partial charge in [-0.15, -0.1) is 0 Å². The molecule has 0 aliphatic rings. The molecule has 1 aromatic rings. The summed E-state index contributed by atoms with van der Waals surface area (Å²) in [7, 11) is 1.18. The zero-order chi connectivity index (χ0) is 11.3. The summed E-state index contributed by atoms with van der Waals surface area (Å²) in [6.45, 7) is 0. The first kappa shape index (κ1) is 10.6. The van der Waals surface area contributed by atoms with E-state index < -0.39 is 5.97 Å². The predicted molar refractivity (Wildman–Crippen MR) is 49.0 cm³/mol. The zero-order valence-electron chi connectivity index (χ0n) is 7.85. The predicted octanol–water partition coefficient (Wildman–Crippen LogP) is 1.23. The third kappa shape index (κ3) is 2.45. The molecule has 0 N–H and O–H groups in total. The van der Waals surface area contributed by atoms with E-state index in [4.69, 9.17) is 14.9 Å². The van der Waals surface area contributed by atoms with Crippen molar-refractivity contribution < 1.29 is 13.9 Å². The highest BCUT2D eigenvalue weighted by molar-refractivity contribution is 5.97. The molecule has 0 bridgehead atoms. The van der Waals surface area contributed by atoms with E-state index in [9.17, 15) is 4.79 Å². The van der Waals surface area contributed by atoms with Gasteiger partial charge in [-0.1, -0.05) is 0 Å². The van der Waals surface area contributed by atoms with Gasteiger partial charge in [0.05, 0.1) is 7.11 Å². The maximum absolute atomic E-state index is 11.0. The minimum Gasteiger partial charge on any atom is -0.465 e. The molecule has 5 heteroatoms. The Hall–Kier alpha value is -2.53. The number of furan rings is 1. The van der Waals surface area contributed by atoms with Crippen LogP contribution in [-0.4, -0.2) is 13.1 Å². The number of nitriles is 2. The van der Waals surface area contributed by atoms with Crippen molar-refractivity contribution in [1.29, 1.82) is 10.5 Å². The Labute approximate surface area is 85.8 Å². The average molecular weight is 202 g/mol. The van der Waals surface area contributed by atoms with Crippen LogP contribution in [0.4, 0.5) is 0 Å². The summed E-state index contributed by atoms with van der Waals surface area (Å²) in [5, 5.41) is 17.1. The van der Waals surface area contributed by atoms with Crippen LogP contribution >= 0.6 is 0 Å². The van der Waals surface area contributed by atoms with Crippen molar-refractivity contribution in [3.05, 3.63) is 29.2 Å². The highest BCUT2D eigenvalue weighted by Crippen LogP contribution is 2.11. The minimum absolute atomic E-state index is 0.114. The third-order valence-corrected chi connectivity index (χ3v) is 1.55. The molecule has 5 nitrogen and oxygen atoms in total. The number of rotatable bonds is 2. The maximum atomic E-state index is 11.0. The van der Waals surface area contributed by atoms with E-state index in [-0.39, 0.29) is 17.1 Å². The lowest BCUT2D eigenvalue weighted by Crippen LogP contribution is -2.02. The van der Waals surface area contributed by atoms with Crippen LogP contribution in [0.2, 0.25) is 0 Å². The molecular formula is C10H6N2O3. The molecule has 0 atom stereocenters. The Kier molecular flexibility index (Phi) is 3.26. The average Bonchev–Trinajstić information content (AvgIpc) is 2.72. The number of hydrogen-bond acceptors (Lipinski definition) is 5. The van der Waals surface area contributed by atoms with E-state index >= 15 is 0 Å². The topological polar surface area (TPSA) is 87.0 Å². The van der Waals surface area contributed by atoms with Crippen molar-refractivity contribution in [2.45, 2.75) is 0 Å². The highest BCUT2D eigenvalue weighted by atomic mass is 16.5. The Bertz CT molecular complexity index is 486. The summed E-state index contributed by atoms with van der Waals surface area (Å²) in [6, 6.07) is 6.39. The molecule has 0 saturated carbocycles. The van der Waals surface area contributed by atoms with Crippen molar-refractivity contribution in [1.82, 2.24) is 0 Å². The number of hydrogen-bond donors (Lipinski definition) is 0. The standard InChI is InChI=1S/C10H6N2O3/c1-14-10(13)7(5-11)4-8-2-3-9(6-12)15-8/h2-4H,1H3. The fourth-order valence-electron chi connectivity index (χ4n) is 0.880. The van der Waals surface area contributed by atoms with Crippen LogP contribution in [0.3, 0.4) is 0 Å². The molecule has 1 aromatic heterocycles. The Morgan fingerprint density at radius 1 is 1.53 bits per heavy atom. The molecule has 0 amide bonds. The quantitative estimate of drug-likeness (QED) is 0.409. The second-order valence-electron chi connectivity index (χ2n) is 2.48. The Balaban J connectivity index is 3.00. The maximum Gasteiger partial charge on any atom is 0.348 e. The fourth-order valence-corrected chi connectivity index (χ4v) is 0.880. The summed E-state index contributed by atoms with van der Waals surface area (Å²) in [4.78, 5) is 11.0. The van der Waals surface area contributed by atoms with Crippen LogP contribution in [-0.2, 0) is 9.53 Å². The number of carbonyl (C=O) groups is 1. The molecule has 0 spiro atoms. The lowest BCUT2D eigenvalue weighted by Gasteiger charge is -1.93. The van der Waals surface area contributed by atoms with Crippen LogP contribution < -0.4 is 0 Å². The molecule has 0 aliphatic heterocycles. The van der Waals surface area contributed by atoms with Gasteiger partial charge in [-0.3, -0.25) is 0 Å². The minimum atomic E-state index is -0.743. The fraction of sp³-hybridized carbons (Fsp3) is 0.100. The van der Waals surface area contributed by atoms with Gasteiger partial charge in [0.2, 0.25) is 5.76 Å². The normalized spacial score (nSPS) is 10.2. The van der Waals surface area contributed by atoms with Gasteiger partial charge in [0.15, 0.2) is 0 Å². The van der Waals surface area contributed by atoms with Crippen LogP contribution in [0.1, 0.15) is 11.5 Å². The Morgan fingerprint density at radius 2 is 2.27 bits per heavy atom. The van der Waals surface area contributed by atoms with Crippen molar-refractivity contribution in [3.63, 3.8) is 0 Å². The van der Waals surface area contributed by atoms with E-state index in [2.05, 4.69) is 4.74 Å². The molecule has 0 unspecified atom stereocenters. The second-order valence-corrected chi connectivity index (χ2v) is 2.48. The summed E-state index contributed by atoms with van der Waals surface area (Å²) in [5.74, 6) is -0.371. The van der Waals surface area contributed by atoms with Crippen LogP contribution in [0.15, 0.2) is 22.1 Å². The molecule has 15 heavy (non-hydrogen) atoms. The van der Waals surface area contributed by atoms with E-state index in [0.717, 1.165) is 0 Å². The van der Waals surface area contributed by atoms with Crippen molar-refractivity contribution in [2.24, 2.45) is 0 Å². The molecule has 1 rings (SSSR count). The van der Waals surface area contributed by atoms with Gasteiger partial charge in [-0.2, -0.15) is 10.5 Å². The van der Waals surface area contributed by atoms with Crippen LogP contribution in [0.5, 0.6) is 0 Å². The van der Waals surface area contributed by atoms with Gasteiger partial charge in [-0.25, -0.2) is 4.79 Å². The number of methoxy groups -OCH3 is 1. The molecule has 0 radical (unpaired) electrons. The van der Waals surface area contributed by atoms with Gasteiger partial charge in [0.25, 0.3) is 0 Å². The molecule has 1 heterocycles. The molecular weight excluding hydrogens is 196 g/mol. The summed E-state index contributed by atoms with van der Waals surface area (Å²) in [6.07, 6.45) is 1.21. The van der Waals surface area contributed by atoms with Crippen molar-refractivity contribution >= 4 is 12.0 Å². The molecule has 0 aliphatic carbocycles. The molecule has 0 fully saturated rings. The molecule has 74 valence electrons. The summed E-state index contributed by atoms with van der Waals surface area (Å²) >= 11 is 0. The first-order valence-electron chi connectivity index (χ1n) is 3.91. The van der Waals surface area contributed by atoms with Gasteiger partial charge in [0.1, 0.15) is 23.5 Å². The van der Waals surface area contributed by atoms with E-state index in [1.54, 1.807) is 12.1 Å². The molecule has 0 aromatic carbocycles. The van der Waals surface area contributed by atoms with Gasteiger partial charge >= 0.3 is 5.97 Å². The summed E-state index contributed by atoms with van der Waals surface area (Å²) < 4.78 is 9.34. The number of ether oxygens (including phenoxy) is 1. The van der Waals surface area contributed by atoms with E-state index in [0.29, 0.717) is 0 Å². The van der Waals surface area contributed by atoms with E-state index in [1.165, 1.54) is 25.3 Å². The largest absolute Gasteiger partial charge is 0.465 e. The summed E-state index contributed by atoms with van der Waals surface area (Å²) in [5.41, 5.74) is -0.184. The lowest BCUT2D eigenvalue weighted by atomic mass is 10.2. The Morgan fingerprint density at radius 3 is 2.73 bits per heavy atom. The van der Waals surface area contributed by atoms with Gasteiger partial charge in [-0.05, 0) is 12.1 Å².